The molecule has 0 saturated carbocycles. The molecule has 0 fully saturated rings. The molecule has 0 aliphatic heterocycles. The van der Waals surface area contributed by atoms with E-state index in [2.05, 4.69) is 535 Å². The SMILES string of the molecule is C#CCc1ccc2ccc3cccc4ccc1c2c34.C#Cc1ccc2ccc3cccc4ccc1c2c34.C/C=C/C1(C)c2ccccc2-c2ccccc21.C/C=C/C1(C)c2ccccc2-c2ccccc21.C/C=C/C1(C)c2ccccc2-c2ccccc21.C/C=C/C1(C)c2ccccc2-c2ccccc21.C=Cc1ccc2ccc3cccc4ccc1c2c34.CC.CC.CC.CC.c1cc2ccc3cccc4ccc(c1)c2c34. The number of benzene rings is 24. The first-order valence-electron chi connectivity index (χ1n) is 52.6. The van der Waals surface area contributed by atoms with E-state index in [-0.39, 0.29) is 21.7 Å². The number of terminal acetylenes is 2. The van der Waals surface area contributed by atoms with Crippen LogP contribution in [0.25, 0.3) is 180 Å². The van der Waals surface area contributed by atoms with Gasteiger partial charge in [-0.3, -0.25) is 0 Å². The largest absolute Gasteiger partial charge is 0.120 e. The first-order chi connectivity index (χ1) is 72.2. The van der Waals surface area contributed by atoms with E-state index in [1.165, 1.54) is 229 Å². The molecule has 720 valence electrons. The molecule has 0 bridgehead atoms. The fourth-order valence-corrected chi connectivity index (χ4v) is 23.5. The molecule has 24 aromatic carbocycles. The minimum absolute atomic E-state index is 0.0297. The maximum Gasteiger partial charge on any atom is 0.0365 e. The maximum atomic E-state index is 5.60. The highest BCUT2D eigenvalue weighted by atomic mass is 14.4. The van der Waals surface area contributed by atoms with Crippen LogP contribution in [-0.2, 0) is 28.1 Å². The molecule has 0 aromatic heterocycles. The van der Waals surface area contributed by atoms with Gasteiger partial charge in [-0.25, -0.2) is 0 Å². The molecular weight excluding hydrogens is 1770 g/mol. The first kappa shape index (κ1) is 102. The quantitative estimate of drug-likeness (QED) is 0.0884. The third-order valence-corrected chi connectivity index (χ3v) is 29.8. The van der Waals surface area contributed by atoms with Crippen LogP contribution < -0.4 is 0 Å². The van der Waals surface area contributed by atoms with Gasteiger partial charge in [0.25, 0.3) is 0 Å². The molecule has 4 aliphatic rings. The van der Waals surface area contributed by atoms with Crippen molar-refractivity contribution in [2.75, 3.05) is 0 Å². The molecule has 0 atom stereocenters. The van der Waals surface area contributed by atoms with Crippen LogP contribution in [-0.4, -0.2) is 0 Å². The topological polar surface area (TPSA) is 0 Å². The molecule has 24 aromatic rings. The second-order valence-electron chi connectivity index (χ2n) is 37.8. The third-order valence-electron chi connectivity index (χ3n) is 29.8. The smallest absolute Gasteiger partial charge is 0.0365 e. The van der Waals surface area contributed by atoms with Crippen LogP contribution in [0.15, 0.2) is 474 Å². The molecular formula is C147H132. The summed E-state index contributed by atoms with van der Waals surface area (Å²) in [6.45, 7) is 37.5. The lowest BCUT2D eigenvalue weighted by molar-refractivity contribution is 0.746. The minimum atomic E-state index is 0.0297. The van der Waals surface area contributed by atoms with Gasteiger partial charge in [0.1, 0.15) is 0 Å². The Morgan fingerprint density at radius 3 is 0.639 bits per heavy atom. The van der Waals surface area contributed by atoms with Crippen molar-refractivity contribution in [3.05, 3.63) is 535 Å². The van der Waals surface area contributed by atoms with E-state index in [9.17, 15) is 0 Å². The van der Waals surface area contributed by atoms with Gasteiger partial charge in [0, 0.05) is 33.6 Å². The molecule has 28 rings (SSSR count). The zero-order chi connectivity index (χ0) is 103. The van der Waals surface area contributed by atoms with Crippen LogP contribution >= 0.6 is 0 Å². The summed E-state index contributed by atoms with van der Waals surface area (Å²) in [6.07, 6.45) is 31.5. The molecule has 0 unspecified atom stereocenters. The van der Waals surface area contributed by atoms with Gasteiger partial charge >= 0.3 is 0 Å². The molecule has 0 nitrogen and oxygen atoms in total. The van der Waals surface area contributed by atoms with Crippen molar-refractivity contribution in [3.63, 3.8) is 0 Å². The van der Waals surface area contributed by atoms with E-state index in [0.29, 0.717) is 6.42 Å². The first-order valence-corrected chi connectivity index (χ1v) is 52.6. The summed E-state index contributed by atoms with van der Waals surface area (Å²) < 4.78 is 0. The Hall–Kier alpha value is -16.7. The van der Waals surface area contributed by atoms with Crippen LogP contribution in [0.4, 0.5) is 0 Å². The Morgan fingerprint density at radius 2 is 0.401 bits per heavy atom. The van der Waals surface area contributed by atoms with Gasteiger partial charge in [-0.05, 0) is 291 Å². The lowest BCUT2D eigenvalue weighted by Gasteiger charge is -2.23. The Labute approximate surface area is 872 Å². The average Bonchev–Trinajstić information content (AvgIpc) is 1.70. The molecule has 0 N–H and O–H groups in total. The third kappa shape index (κ3) is 18.6. The van der Waals surface area contributed by atoms with E-state index in [1.807, 2.05) is 67.5 Å². The molecule has 0 amide bonds. The number of hydrogen-bond donors (Lipinski definition) is 0. The van der Waals surface area contributed by atoms with E-state index >= 15 is 0 Å². The second kappa shape index (κ2) is 45.0. The van der Waals surface area contributed by atoms with Crippen LogP contribution in [0.2, 0.25) is 0 Å². The van der Waals surface area contributed by atoms with Gasteiger partial charge in [0.15, 0.2) is 0 Å². The van der Waals surface area contributed by atoms with E-state index in [1.54, 1.807) is 0 Å². The maximum absolute atomic E-state index is 5.60. The number of allylic oxidation sites excluding steroid dienone is 8. The standard InChI is InChI=1S/C19H12.C18H12.C18H10.4C17H16.C16H10.4C2H6/c1-2-4-13-7-8-16-10-9-14-5-3-6-15-11-12-17(13)19(16)18(14)15;2*1-2-12-6-7-15-9-8-13-4-3-5-14-10-11-16(12)18(15)17(13)14;4*1-3-12-17(2)15-10-6-4-8-13(15)14-9-5-7-11-16(14)17;1-3-11-7-9-13-5-2-6-14-10-8-12(4-1)15(11)16(13)14;4*1-2/h1,3,5-12H,4H2;2-11H,1H2;1,3-11H;4*3-12H,1-2H3;1-10H;4*1-2H3/b;;;4*12-3+;;;;;. The average molecular weight is 1900 g/mol. The Balaban J connectivity index is 0.000000114. The van der Waals surface area contributed by atoms with Gasteiger partial charge in [-0.1, -0.05) is 535 Å². The predicted molar refractivity (Wildman–Crippen MR) is 649 cm³/mol. The van der Waals surface area contributed by atoms with Crippen molar-refractivity contribution in [1.29, 1.82) is 0 Å². The minimum Gasteiger partial charge on any atom is -0.120 e. The predicted octanol–water partition coefficient (Wildman–Crippen LogP) is 41.4. The summed E-state index contributed by atoms with van der Waals surface area (Å²) in [6, 6.07) is 150. The van der Waals surface area contributed by atoms with Crippen molar-refractivity contribution in [3.8, 4) is 69.2 Å². The summed E-state index contributed by atoms with van der Waals surface area (Å²) >= 11 is 0. The van der Waals surface area contributed by atoms with Crippen LogP contribution in [0.5, 0.6) is 0 Å². The molecule has 0 heteroatoms. The summed E-state index contributed by atoms with van der Waals surface area (Å²) in [5.74, 6) is 5.54. The number of fused-ring (bicyclic) bond motifs is 12. The lowest BCUT2D eigenvalue weighted by Crippen LogP contribution is -2.16. The van der Waals surface area contributed by atoms with Crippen LogP contribution in [0.1, 0.15) is 172 Å². The highest BCUT2D eigenvalue weighted by Gasteiger charge is 2.40. The number of rotatable bonds is 6. The van der Waals surface area contributed by atoms with Crippen molar-refractivity contribution in [1.82, 2.24) is 0 Å². The zero-order valence-corrected chi connectivity index (χ0v) is 88.1. The summed E-state index contributed by atoms with van der Waals surface area (Å²) in [7, 11) is 0. The normalized spacial score (nSPS) is 13.0. The molecule has 0 radical (unpaired) electrons. The Kier molecular flexibility index (Phi) is 31.2. The van der Waals surface area contributed by atoms with E-state index < -0.39 is 0 Å². The highest BCUT2D eigenvalue weighted by molar-refractivity contribution is 6.27. The zero-order valence-electron chi connectivity index (χ0n) is 88.1. The van der Waals surface area contributed by atoms with Gasteiger partial charge in [0.05, 0.1) is 0 Å². The second-order valence-corrected chi connectivity index (χ2v) is 37.8. The van der Waals surface area contributed by atoms with E-state index in [4.69, 9.17) is 12.8 Å². The molecule has 147 heavy (non-hydrogen) atoms. The van der Waals surface area contributed by atoms with Crippen LogP contribution in [0, 0.1) is 24.7 Å². The van der Waals surface area contributed by atoms with Crippen molar-refractivity contribution in [2.45, 2.75) is 139 Å². The summed E-state index contributed by atoms with van der Waals surface area (Å²) in [5, 5.41) is 31.6. The van der Waals surface area contributed by atoms with Crippen LogP contribution in [0.3, 0.4) is 0 Å². The highest BCUT2D eigenvalue weighted by Crippen LogP contribution is 2.54. The number of hydrogen-bond acceptors (Lipinski definition) is 0. The molecule has 4 aliphatic carbocycles. The van der Waals surface area contributed by atoms with Gasteiger partial charge < -0.3 is 0 Å². The van der Waals surface area contributed by atoms with Crippen molar-refractivity contribution in [2.24, 2.45) is 0 Å². The summed E-state index contributed by atoms with van der Waals surface area (Å²) in [5.41, 5.74) is 25.9. The summed E-state index contributed by atoms with van der Waals surface area (Å²) in [4.78, 5) is 0. The Morgan fingerprint density at radius 1 is 0.211 bits per heavy atom. The molecule has 0 spiro atoms. The van der Waals surface area contributed by atoms with Crippen molar-refractivity contribution < 1.29 is 0 Å². The van der Waals surface area contributed by atoms with E-state index in [0.717, 1.165) is 5.56 Å². The van der Waals surface area contributed by atoms with Gasteiger partial charge in [0.2, 0.25) is 0 Å². The van der Waals surface area contributed by atoms with Gasteiger partial charge in [-0.15, -0.1) is 18.8 Å². The fourth-order valence-electron chi connectivity index (χ4n) is 23.5. The molecule has 0 heterocycles. The lowest BCUT2D eigenvalue weighted by atomic mass is 9.80. The fraction of sp³-hybridized carbons (Fsp3) is 0.143. The van der Waals surface area contributed by atoms with Gasteiger partial charge in [-0.2, -0.15) is 0 Å². The monoisotopic (exact) mass is 1900 g/mol. The molecule has 0 saturated heterocycles. The Bertz CT molecular complexity index is 8230. The van der Waals surface area contributed by atoms with Crippen molar-refractivity contribution >= 4 is 135 Å².